The van der Waals surface area contributed by atoms with Gasteiger partial charge in [-0.25, -0.2) is 0 Å². The molecule has 0 unspecified atom stereocenters. The Morgan fingerprint density at radius 3 is 2.00 bits per heavy atom. The molecule has 1 rings (SSSR count). The van der Waals surface area contributed by atoms with E-state index in [1.165, 1.54) is 38.1 Å². The van der Waals surface area contributed by atoms with E-state index in [4.69, 9.17) is 0 Å². The Morgan fingerprint density at radius 2 is 1.62 bits per heavy atom. The van der Waals surface area contributed by atoms with Crippen LogP contribution in [0.1, 0.15) is 19.4 Å². The molecule has 1 nitrogen and oxygen atoms in total. The number of benzene rings is 1. The summed E-state index contributed by atoms with van der Waals surface area (Å²) in [5, 5.41) is 9.44. The van der Waals surface area contributed by atoms with Crippen molar-refractivity contribution in [1.82, 2.24) is 0 Å². The van der Waals surface area contributed by atoms with Crippen LogP contribution < -0.4 is 0 Å². The quantitative estimate of drug-likeness (QED) is 0.825. The number of hydrogen-bond acceptors (Lipinski definition) is 1. The van der Waals surface area contributed by atoms with Gasteiger partial charge in [-0.05, 0) is 25.5 Å². The lowest BCUT2D eigenvalue weighted by atomic mass is 9.99. The maximum Gasteiger partial charge on any atom is 0.416 e. The molecule has 88 valence electrons. The van der Waals surface area contributed by atoms with Gasteiger partial charge in [-0.3, -0.25) is 0 Å². The first-order chi connectivity index (χ1) is 7.20. The van der Waals surface area contributed by atoms with Crippen molar-refractivity contribution < 1.29 is 18.3 Å². The van der Waals surface area contributed by atoms with Gasteiger partial charge < -0.3 is 5.11 Å². The van der Waals surface area contributed by atoms with E-state index in [9.17, 15) is 18.3 Å². The number of alkyl halides is 3. The van der Waals surface area contributed by atoms with Crippen LogP contribution in [0.25, 0.3) is 5.57 Å². The van der Waals surface area contributed by atoms with E-state index in [0.29, 0.717) is 0 Å². The minimum absolute atomic E-state index is 0.0529. The van der Waals surface area contributed by atoms with Gasteiger partial charge in [0.25, 0.3) is 0 Å². The van der Waals surface area contributed by atoms with Crippen LogP contribution in [0, 0.1) is 0 Å². The predicted octanol–water partition coefficient (Wildman–Crippen LogP) is 3.40. The Kier molecular flexibility index (Phi) is 3.43. The summed E-state index contributed by atoms with van der Waals surface area (Å²) in [5.74, 6) is 0. The maximum absolute atomic E-state index is 12.8. The highest BCUT2D eigenvalue weighted by Crippen LogP contribution is 2.35. The number of allylic oxidation sites excluding steroid dienone is 1. The summed E-state index contributed by atoms with van der Waals surface area (Å²) in [6.45, 7) is 2.61. The molecule has 0 atom stereocenters. The van der Waals surface area contributed by atoms with Gasteiger partial charge >= 0.3 is 6.18 Å². The SMILES string of the molecule is CC(C)(O)/C=C(/c1ccccc1)C(F)(F)F. The molecule has 0 fully saturated rings. The first-order valence-electron chi connectivity index (χ1n) is 4.78. The molecule has 1 aromatic rings. The molecule has 0 bridgehead atoms. The lowest BCUT2D eigenvalue weighted by Crippen LogP contribution is -2.20. The second-order valence-corrected chi connectivity index (χ2v) is 4.08. The van der Waals surface area contributed by atoms with Gasteiger partial charge in [-0.2, -0.15) is 13.2 Å². The van der Waals surface area contributed by atoms with Crippen molar-refractivity contribution in [2.45, 2.75) is 25.6 Å². The maximum atomic E-state index is 12.8. The fourth-order valence-electron chi connectivity index (χ4n) is 1.30. The van der Waals surface area contributed by atoms with Crippen LogP contribution in [0.15, 0.2) is 36.4 Å². The monoisotopic (exact) mass is 230 g/mol. The zero-order valence-electron chi connectivity index (χ0n) is 9.05. The minimum atomic E-state index is -4.47. The highest BCUT2D eigenvalue weighted by atomic mass is 19.4. The minimum Gasteiger partial charge on any atom is -0.386 e. The molecule has 4 heteroatoms. The van der Waals surface area contributed by atoms with Crippen molar-refractivity contribution >= 4 is 5.57 Å². The molecule has 0 aliphatic carbocycles. The van der Waals surface area contributed by atoms with Crippen LogP contribution in [0.2, 0.25) is 0 Å². The van der Waals surface area contributed by atoms with Gasteiger partial charge in [-0.1, -0.05) is 30.3 Å². The van der Waals surface area contributed by atoms with Crippen LogP contribution in [0.5, 0.6) is 0 Å². The number of aliphatic hydroxyl groups is 1. The molecule has 1 N–H and O–H groups in total. The second-order valence-electron chi connectivity index (χ2n) is 4.08. The first-order valence-corrected chi connectivity index (χ1v) is 4.78. The first kappa shape index (κ1) is 12.8. The highest BCUT2D eigenvalue weighted by molar-refractivity contribution is 5.70. The molecule has 16 heavy (non-hydrogen) atoms. The molecule has 0 aliphatic rings. The van der Waals surface area contributed by atoms with Crippen molar-refractivity contribution in [3.8, 4) is 0 Å². The summed E-state index contributed by atoms with van der Waals surface area (Å²) < 4.78 is 38.3. The summed E-state index contributed by atoms with van der Waals surface area (Å²) in [6.07, 6.45) is -3.65. The zero-order valence-corrected chi connectivity index (χ0v) is 9.05. The lowest BCUT2D eigenvalue weighted by Gasteiger charge is -2.18. The lowest BCUT2D eigenvalue weighted by molar-refractivity contribution is -0.0700. The van der Waals surface area contributed by atoms with Gasteiger partial charge in [0.15, 0.2) is 0 Å². The standard InChI is InChI=1S/C12H13F3O/c1-11(2,16)8-10(12(13,14)15)9-6-4-3-5-7-9/h3-8,16H,1-2H3/b10-8-. The third-order valence-electron chi connectivity index (χ3n) is 1.89. The summed E-state index contributed by atoms with van der Waals surface area (Å²) in [5.41, 5.74) is -2.27. The molecule has 0 amide bonds. The van der Waals surface area contributed by atoms with E-state index in [1.54, 1.807) is 6.07 Å². The third-order valence-corrected chi connectivity index (χ3v) is 1.89. The van der Waals surface area contributed by atoms with Gasteiger partial charge in [0.1, 0.15) is 0 Å². The van der Waals surface area contributed by atoms with Gasteiger partial charge in [0.2, 0.25) is 0 Å². The van der Waals surface area contributed by atoms with Crippen LogP contribution in [0.4, 0.5) is 13.2 Å². The van der Waals surface area contributed by atoms with Crippen molar-refractivity contribution in [1.29, 1.82) is 0 Å². The molecular formula is C12H13F3O. The molecule has 0 aromatic heterocycles. The van der Waals surface area contributed by atoms with E-state index >= 15 is 0 Å². The summed E-state index contributed by atoms with van der Waals surface area (Å²) in [6, 6.07) is 7.43. The van der Waals surface area contributed by atoms with E-state index in [2.05, 4.69) is 0 Å². The van der Waals surface area contributed by atoms with Crippen molar-refractivity contribution in [2.75, 3.05) is 0 Å². The molecule has 0 saturated carbocycles. The smallest absolute Gasteiger partial charge is 0.386 e. The van der Waals surface area contributed by atoms with E-state index in [-0.39, 0.29) is 5.56 Å². The number of rotatable bonds is 2. The molecule has 0 spiro atoms. The zero-order chi connectivity index (χ0) is 12.4. The van der Waals surface area contributed by atoms with Gasteiger partial charge in [0.05, 0.1) is 11.2 Å². The average molecular weight is 230 g/mol. The van der Waals surface area contributed by atoms with Crippen molar-refractivity contribution in [3.63, 3.8) is 0 Å². The largest absolute Gasteiger partial charge is 0.416 e. The van der Waals surface area contributed by atoms with E-state index in [0.717, 1.165) is 6.08 Å². The van der Waals surface area contributed by atoms with E-state index in [1.807, 2.05) is 0 Å². The van der Waals surface area contributed by atoms with Crippen molar-refractivity contribution in [3.05, 3.63) is 42.0 Å². The van der Waals surface area contributed by atoms with Gasteiger partial charge in [0, 0.05) is 0 Å². The number of halogens is 3. The normalized spacial score (nSPS) is 14.0. The van der Waals surface area contributed by atoms with Crippen LogP contribution in [0.3, 0.4) is 0 Å². The average Bonchev–Trinajstić information content (AvgIpc) is 2.13. The number of hydrogen-bond donors (Lipinski definition) is 1. The van der Waals surface area contributed by atoms with Gasteiger partial charge in [-0.15, -0.1) is 0 Å². The summed E-state index contributed by atoms with van der Waals surface area (Å²) >= 11 is 0. The topological polar surface area (TPSA) is 20.2 Å². The summed E-state index contributed by atoms with van der Waals surface area (Å²) in [7, 11) is 0. The fraction of sp³-hybridized carbons (Fsp3) is 0.333. The Hall–Kier alpha value is -1.29. The second kappa shape index (κ2) is 4.29. The summed E-state index contributed by atoms with van der Waals surface area (Å²) in [4.78, 5) is 0. The molecule has 0 aliphatic heterocycles. The van der Waals surface area contributed by atoms with Crippen LogP contribution >= 0.6 is 0 Å². The molecule has 1 aromatic carbocycles. The predicted molar refractivity (Wildman–Crippen MR) is 56.8 cm³/mol. The van der Waals surface area contributed by atoms with Crippen LogP contribution in [-0.2, 0) is 0 Å². The Bertz CT molecular complexity index is 371. The van der Waals surface area contributed by atoms with Crippen LogP contribution in [-0.4, -0.2) is 16.9 Å². The fourth-order valence-corrected chi connectivity index (χ4v) is 1.30. The molecule has 0 radical (unpaired) electrons. The third kappa shape index (κ3) is 3.70. The highest BCUT2D eigenvalue weighted by Gasteiger charge is 2.35. The molecule has 0 saturated heterocycles. The Morgan fingerprint density at radius 1 is 1.12 bits per heavy atom. The van der Waals surface area contributed by atoms with Crippen molar-refractivity contribution in [2.24, 2.45) is 0 Å². The molecular weight excluding hydrogens is 217 g/mol. The van der Waals surface area contributed by atoms with E-state index < -0.39 is 17.4 Å². The Balaban J connectivity index is 3.24. The Labute approximate surface area is 92.2 Å². The molecule has 0 heterocycles.